The number of halogens is 1. The van der Waals surface area contributed by atoms with Gasteiger partial charge in [0.25, 0.3) is 5.91 Å². The summed E-state index contributed by atoms with van der Waals surface area (Å²) in [6.45, 7) is 1.75. The molecule has 1 heterocycles. The molecule has 1 N–H and O–H groups in total. The molecule has 1 amide bonds. The van der Waals surface area contributed by atoms with Crippen LogP contribution in [0.2, 0.25) is 5.02 Å². The molecule has 0 aliphatic rings. The summed E-state index contributed by atoms with van der Waals surface area (Å²) in [5, 5.41) is 4.48. The number of carbonyl (C=O) groups excluding carboxylic acids is 1. The summed E-state index contributed by atoms with van der Waals surface area (Å²) in [6, 6.07) is 8.82. The van der Waals surface area contributed by atoms with Crippen molar-refractivity contribution in [3.8, 4) is 5.75 Å². The highest BCUT2D eigenvalue weighted by Crippen LogP contribution is 2.20. The van der Waals surface area contributed by atoms with Crippen LogP contribution in [0.1, 0.15) is 11.1 Å². The van der Waals surface area contributed by atoms with Crippen LogP contribution in [0.4, 0.5) is 0 Å². The topological polar surface area (TPSA) is 63.6 Å². The van der Waals surface area contributed by atoms with Crippen LogP contribution >= 0.6 is 11.6 Å². The van der Waals surface area contributed by atoms with E-state index in [0.717, 1.165) is 11.1 Å². The van der Waals surface area contributed by atoms with Crippen molar-refractivity contribution in [2.45, 2.75) is 6.92 Å². The molecule has 2 aromatic rings. The van der Waals surface area contributed by atoms with E-state index in [4.69, 9.17) is 16.3 Å². The molecule has 0 atom stereocenters. The van der Waals surface area contributed by atoms with E-state index in [2.05, 4.69) is 15.5 Å². The normalized spacial score (nSPS) is 10.6. The highest BCUT2D eigenvalue weighted by Gasteiger charge is 2.03. The lowest BCUT2D eigenvalue weighted by Gasteiger charge is -2.06. The molecular formula is C15H14ClN3O2. The van der Waals surface area contributed by atoms with Crippen molar-refractivity contribution >= 4 is 23.7 Å². The average molecular weight is 304 g/mol. The Kier molecular flexibility index (Phi) is 5.29. The zero-order valence-electron chi connectivity index (χ0n) is 11.4. The van der Waals surface area contributed by atoms with Crippen LogP contribution < -0.4 is 10.2 Å². The lowest BCUT2D eigenvalue weighted by molar-refractivity contribution is -0.123. The molecule has 0 fully saturated rings. The van der Waals surface area contributed by atoms with E-state index >= 15 is 0 Å². The minimum absolute atomic E-state index is 0.120. The molecule has 1 aromatic carbocycles. The molecule has 0 aliphatic heterocycles. The zero-order valence-corrected chi connectivity index (χ0v) is 12.2. The minimum atomic E-state index is -0.345. The van der Waals surface area contributed by atoms with Crippen LogP contribution in [-0.4, -0.2) is 23.7 Å². The van der Waals surface area contributed by atoms with E-state index in [9.17, 15) is 4.79 Å². The summed E-state index contributed by atoms with van der Waals surface area (Å²) in [4.78, 5) is 15.5. The fourth-order valence-corrected chi connectivity index (χ4v) is 1.64. The van der Waals surface area contributed by atoms with Gasteiger partial charge in [-0.2, -0.15) is 5.10 Å². The van der Waals surface area contributed by atoms with Crippen molar-refractivity contribution < 1.29 is 9.53 Å². The van der Waals surface area contributed by atoms with Gasteiger partial charge in [0.2, 0.25) is 0 Å². The Morgan fingerprint density at radius 3 is 3.05 bits per heavy atom. The molecule has 0 aliphatic carbocycles. The van der Waals surface area contributed by atoms with Crippen molar-refractivity contribution in [3.63, 3.8) is 0 Å². The number of pyridine rings is 1. The van der Waals surface area contributed by atoms with E-state index < -0.39 is 0 Å². The number of benzene rings is 1. The largest absolute Gasteiger partial charge is 0.484 e. The number of ether oxygens (including phenoxy) is 1. The van der Waals surface area contributed by atoms with Crippen molar-refractivity contribution in [1.29, 1.82) is 0 Å². The van der Waals surface area contributed by atoms with Gasteiger partial charge >= 0.3 is 0 Å². The minimum Gasteiger partial charge on any atom is -0.484 e. The van der Waals surface area contributed by atoms with Gasteiger partial charge in [0.15, 0.2) is 6.61 Å². The lowest BCUT2D eigenvalue weighted by Crippen LogP contribution is -2.24. The van der Waals surface area contributed by atoms with Crippen LogP contribution in [0, 0.1) is 6.92 Å². The monoisotopic (exact) mass is 303 g/mol. The average Bonchev–Trinajstić information content (AvgIpc) is 2.49. The first-order valence-corrected chi connectivity index (χ1v) is 6.64. The zero-order chi connectivity index (χ0) is 15.1. The molecule has 0 bridgehead atoms. The van der Waals surface area contributed by atoms with Crippen molar-refractivity contribution in [2.24, 2.45) is 5.10 Å². The van der Waals surface area contributed by atoms with Crippen LogP contribution in [0.15, 0.2) is 47.8 Å². The number of nitrogens with zero attached hydrogens (tertiary/aromatic N) is 2. The van der Waals surface area contributed by atoms with Gasteiger partial charge < -0.3 is 4.74 Å². The Morgan fingerprint density at radius 1 is 1.48 bits per heavy atom. The fraction of sp³-hybridized carbons (Fsp3) is 0.133. The Labute approximate surface area is 127 Å². The molecule has 5 nitrogen and oxygen atoms in total. The Bertz CT molecular complexity index is 645. The summed E-state index contributed by atoms with van der Waals surface area (Å²) in [5.74, 6) is 0.242. The summed E-state index contributed by atoms with van der Waals surface area (Å²) in [5.41, 5.74) is 4.07. The molecular weight excluding hydrogens is 290 g/mol. The van der Waals surface area contributed by atoms with Gasteiger partial charge in [-0.15, -0.1) is 0 Å². The van der Waals surface area contributed by atoms with E-state index in [1.54, 1.807) is 36.7 Å². The van der Waals surface area contributed by atoms with Crippen molar-refractivity contribution in [1.82, 2.24) is 10.4 Å². The Morgan fingerprint density at radius 2 is 2.33 bits per heavy atom. The van der Waals surface area contributed by atoms with E-state index in [1.165, 1.54) is 6.21 Å². The first-order valence-electron chi connectivity index (χ1n) is 6.26. The molecule has 0 saturated carbocycles. The molecule has 0 radical (unpaired) electrons. The third kappa shape index (κ3) is 4.89. The van der Waals surface area contributed by atoms with Gasteiger partial charge in [-0.1, -0.05) is 17.7 Å². The molecule has 0 saturated heterocycles. The molecule has 108 valence electrons. The fourth-order valence-electron chi connectivity index (χ4n) is 1.52. The number of aryl methyl sites for hydroxylation is 1. The third-order valence-electron chi connectivity index (χ3n) is 2.59. The van der Waals surface area contributed by atoms with Gasteiger partial charge in [0.05, 0.1) is 6.21 Å². The number of hydrogen-bond donors (Lipinski definition) is 1. The van der Waals surface area contributed by atoms with Gasteiger partial charge in [0.1, 0.15) is 5.75 Å². The maximum absolute atomic E-state index is 11.6. The number of amides is 1. The van der Waals surface area contributed by atoms with Crippen molar-refractivity contribution in [3.05, 3.63) is 58.9 Å². The third-order valence-corrected chi connectivity index (χ3v) is 3.01. The van der Waals surface area contributed by atoms with Gasteiger partial charge in [0, 0.05) is 23.0 Å². The highest BCUT2D eigenvalue weighted by molar-refractivity contribution is 6.31. The van der Waals surface area contributed by atoms with Gasteiger partial charge in [-0.25, -0.2) is 5.43 Å². The molecule has 0 unspecified atom stereocenters. The summed E-state index contributed by atoms with van der Waals surface area (Å²) < 4.78 is 5.35. The Balaban J connectivity index is 1.79. The maximum atomic E-state index is 11.6. The van der Waals surface area contributed by atoms with Gasteiger partial charge in [-0.3, -0.25) is 9.78 Å². The SMILES string of the molecule is Cc1cc(OCC(=O)NN=Cc2cccnc2)ccc1Cl. The second kappa shape index (κ2) is 7.40. The summed E-state index contributed by atoms with van der Waals surface area (Å²) in [6.07, 6.45) is 4.82. The molecule has 21 heavy (non-hydrogen) atoms. The molecule has 2 rings (SSSR count). The van der Waals surface area contributed by atoms with Crippen molar-refractivity contribution in [2.75, 3.05) is 6.61 Å². The highest BCUT2D eigenvalue weighted by atomic mass is 35.5. The number of rotatable bonds is 5. The number of hydrazone groups is 1. The van der Waals surface area contributed by atoms with Crippen LogP contribution in [0.3, 0.4) is 0 Å². The number of carbonyl (C=O) groups is 1. The van der Waals surface area contributed by atoms with Crippen LogP contribution in [0.25, 0.3) is 0 Å². The second-order valence-corrected chi connectivity index (χ2v) is 4.69. The number of nitrogens with one attached hydrogen (secondary N) is 1. The van der Waals surface area contributed by atoms with E-state index in [1.807, 2.05) is 13.0 Å². The molecule has 6 heteroatoms. The summed E-state index contributed by atoms with van der Waals surface area (Å²) >= 11 is 5.91. The van der Waals surface area contributed by atoms with Crippen LogP contribution in [-0.2, 0) is 4.79 Å². The first kappa shape index (κ1) is 15.0. The maximum Gasteiger partial charge on any atom is 0.277 e. The lowest BCUT2D eigenvalue weighted by atomic mass is 10.2. The van der Waals surface area contributed by atoms with E-state index in [-0.39, 0.29) is 12.5 Å². The van der Waals surface area contributed by atoms with Gasteiger partial charge in [-0.05, 0) is 36.8 Å². The smallest absolute Gasteiger partial charge is 0.277 e. The standard InChI is InChI=1S/C15H14ClN3O2/c1-11-7-13(4-5-14(11)16)21-10-15(20)19-18-9-12-3-2-6-17-8-12/h2-9H,10H2,1H3,(H,19,20). The van der Waals surface area contributed by atoms with Crippen LogP contribution in [0.5, 0.6) is 5.75 Å². The van der Waals surface area contributed by atoms with E-state index in [0.29, 0.717) is 10.8 Å². The quantitative estimate of drug-likeness (QED) is 0.682. The number of aromatic nitrogens is 1. The summed E-state index contributed by atoms with van der Waals surface area (Å²) in [7, 11) is 0. The molecule has 0 spiro atoms. The molecule has 1 aromatic heterocycles. The number of hydrogen-bond acceptors (Lipinski definition) is 4. The predicted octanol–water partition coefficient (Wildman–Crippen LogP) is 2.57. The second-order valence-electron chi connectivity index (χ2n) is 4.28. The first-order chi connectivity index (χ1) is 10.1. The predicted molar refractivity (Wildman–Crippen MR) is 81.7 cm³/mol. The Hall–Kier alpha value is -2.40.